The molecule has 164 valence electrons. The summed E-state index contributed by atoms with van der Waals surface area (Å²) in [7, 11) is -5.43. The van der Waals surface area contributed by atoms with E-state index in [2.05, 4.69) is 9.97 Å². The third kappa shape index (κ3) is 4.20. The van der Waals surface area contributed by atoms with E-state index in [9.17, 15) is 21.6 Å². The van der Waals surface area contributed by atoms with Crippen LogP contribution < -0.4 is 4.90 Å². The van der Waals surface area contributed by atoms with Gasteiger partial charge in [0.25, 0.3) is 0 Å². The average Bonchev–Trinajstić information content (AvgIpc) is 3.10. The maximum absolute atomic E-state index is 13.4. The normalized spacial score (nSPS) is 21.2. The van der Waals surface area contributed by atoms with Gasteiger partial charge >= 0.3 is 15.5 Å². The molecule has 0 saturated heterocycles. The van der Waals surface area contributed by atoms with E-state index in [0.717, 1.165) is 30.6 Å². The topological polar surface area (TPSA) is 69.3 Å². The lowest BCUT2D eigenvalue weighted by molar-refractivity contribution is -0.0492. The maximum Gasteiger partial charge on any atom is 0.511 e. The number of benzene rings is 1. The molecule has 1 aliphatic heterocycles. The summed E-state index contributed by atoms with van der Waals surface area (Å²) < 4.78 is 65.4. The quantitative estimate of drug-likeness (QED) is 0.733. The highest BCUT2D eigenvalue weighted by molar-refractivity contribution is 7.89. The van der Waals surface area contributed by atoms with Crippen LogP contribution in [0.4, 0.5) is 18.9 Å². The molecular formula is C20H25F3N4O2S. The number of para-hydroxylation sites is 1. The first kappa shape index (κ1) is 21.2. The predicted molar refractivity (Wildman–Crippen MR) is 107 cm³/mol. The Bertz CT molecular complexity index is 959. The smallest absolute Gasteiger partial charge is 0.361 e. The zero-order valence-electron chi connectivity index (χ0n) is 16.5. The van der Waals surface area contributed by atoms with Gasteiger partial charge < -0.3 is 9.88 Å². The summed E-state index contributed by atoms with van der Waals surface area (Å²) >= 11 is 0. The number of sulfonamides is 1. The molecule has 1 aliphatic carbocycles. The molecule has 2 aromatic rings. The van der Waals surface area contributed by atoms with Crippen LogP contribution in [0.2, 0.25) is 0 Å². The number of hydrogen-bond acceptors (Lipinski definition) is 4. The van der Waals surface area contributed by atoms with Crippen molar-refractivity contribution in [3.63, 3.8) is 0 Å². The summed E-state index contributed by atoms with van der Waals surface area (Å²) in [4.78, 5) is 9.12. The Morgan fingerprint density at radius 3 is 2.57 bits per heavy atom. The number of aromatic amines is 1. The van der Waals surface area contributed by atoms with Gasteiger partial charge in [0, 0.05) is 31.0 Å². The molecule has 10 heteroatoms. The van der Waals surface area contributed by atoms with Crippen molar-refractivity contribution in [2.45, 2.75) is 56.7 Å². The Labute approximate surface area is 174 Å². The minimum absolute atomic E-state index is 0.197. The predicted octanol–water partition coefficient (Wildman–Crippen LogP) is 4.03. The number of halogens is 3. The molecule has 1 fully saturated rings. The number of anilines is 1. The Kier molecular flexibility index (Phi) is 5.80. The van der Waals surface area contributed by atoms with Gasteiger partial charge in [0.1, 0.15) is 0 Å². The van der Waals surface area contributed by atoms with E-state index in [-0.39, 0.29) is 19.1 Å². The first-order valence-electron chi connectivity index (χ1n) is 10.1. The number of imidazole rings is 1. The second kappa shape index (κ2) is 8.22. The summed E-state index contributed by atoms with van der Waals surface area (Å²) in [5.41, 5.74) is -3.16. The minimum atomic E-state index is -5.43. The molecule has 1 atom stereocenters. The van der Waals surface area contributed by atoms with E-state index in [4.69, 9.17) is 0 Å². The highest BCUT2D eigenvalue weighted by Crippen LogP contribution is 2.37. The number of nitrogens with zero attached hydrogens (tertiary/aromatic N) is 3. The minimum Gasteiger partial charge on any atom is -0.361 e. The molecule has 1 N–H and O–H groups in total. The van der Waals surface area contributed by atoms with Gasteiger partial charge in [0.2, 0.25) is 0 Å². The van der Waals surface area contributed by atoms with Gasteiger partial charge in [-0.15, -0.1) is 0 Å². The highest BCUT2D eigenvalue weighted by Gasteiger charge is 2.51. The molecule has 0 unspecified atom stereocenters. The molecular weight excluding hydrogens is 417 g/mol. The van der Waals surface area contributed by atoms with Gasteiger partial charge in [-0.2, -0.15) is 17.5 Å². The zero-order chi connectivity index (χ0) is 21.4. The van der Waals surface area contributed by atoms with Crippen LogP contribution in [-0.4, -0.2) is 40.8 Å². The van der Waals surface area contributed by atoms with Crippen molar-refractivity contribution in [3.8, 4) is 0 Å². The number of rotatable bonds is 6. The van der Waals surface area contributed by atoms with E-state index >= 15 is 0 Å². The standard InChI is InChI=1S/C20H25F3N4O2S/c21-20(22,23)30(28,29)26-11-16-6-1-2-7-19(16)27(12-17-10-24-14-25-17)18(13-26)9-8-15-4-3-5-15/h1-2,6-7,10,14-15,18H,3-5,8-9,11-13H2,(H,24,25)/t18-/m0/s1. The SMILES string of the molecule is O=S(=O)(N1Cc2ccccc2N(Cc2cnc[nH]2)[C@@H](CCC2CCC2)C1)C(F)(F)F. The average molecular weight is 443 g/mol. The lowest BCUT2D eigenvalue weighted by atomic mass is 9.81. The summed E-state index contributed by atoms with van der Waals surface area (Å²) in [6, 6.07) is 6.74. The Balaban J connectivity index is 1.71. The van der Waals surface area contributed by atoms with Crippen molar-refractivity contribution < 1.29 is 21.6 Å². The number of nitrogens with one attached hydrogen (secondary N) is 1. The number of alkyl halides is 3. The van der Waals surface area contributed by atoms with Crippen molar-refractivity contribution in [2.75, 3.05) is 11.4 Å². The van der Waals surface area contributed by atoms with Crippen molar-refractivity contribution in [1.82, 2.24) is 14.3 Å². The Morgan fingerprint density at radius 1 is 1.17 bits per heavy atom. The molecule has 0 spiro atoms. The van der Waals surface area contributed by atoms with Gasteiger partial charge in [-0.1, -0.05) is 37.5 Å². The van der Waals surface area contributed by atoms with Gasteiger partial charge in [-0.25, -0.2) is 13.4 Å². The Morgan fingerprint density at radius 2 is 1.93 bits per heavy atom. The largest absolute Gasteiger partial charge is 0.511 e. The van der Waals surface area contributed by atoms with Gasteiger partial charge in [-0.05, 0) is 30.4 Å². The molecule has 4 rings (SSSR count). The first-order chi connectivity index (χ1) is 14.3. The van der Waals surface area contributed by atoms with E-state index in [0.29, 0.717) is 28.8 Å². The lowest BCUT2D eigenvalue weighted by Crippen LogP contribution is -2.47. The second-order valence-electron chi connectivity index (χ2n) is 8.10. The highest BCUT2D eigenvalue weighted by atomic mass is 32.2. The molecule has 1 saturated carbocycles. The van der Waals surface area contributed by atoms with Crippen LogP contribution in [-0.2, 0) is 23.1 Å². The lowest BCUT2D eigenvalue weighted by Gasteiger charge is -2.36. The fourth-order valence-corrected chi connectivity index (χ4v) is 5.23. The third-order valence-corrected chi connectivity index (χ3v) is 7.71. The second-order valence-corrected chi connectivity index (χ2v) is 10.0. The summed E-state index contributed by atoms with van der Waals surface area (Å²) in [6.07, 6.45) is 8.21. The van der Waals surface area contributed by atoms with Gasteiger partial charge in [0.05, 0.1) is 18.6 Å². The summed E-state index contributed by atoms with van der Waals surface area (Å²) in [5, 5.41) is 0. The Hall–Kier alpha value is -2.07. The van der Waals surface area contributed by atoms with Crippen LogP contribution in [0, 0.1) is 5.92 Å². The molecule has 1 aromatic carbocycles. The van der Waals surface area contributed by atoms with E-state index in [1.807, 2.05) is 17.0 Å². The fraction of sp³-hybridized carbons (Fsp3) is 0.550. The van der Waals surface area contributed by atoms with E-state index in [1.54, 1.807) is 24.7 Å². The number of hydrogen-bond donors (Lipinski definition) is 1. The van der Waals surface area contributed by atoms with Crippen LogP contribution in [0.15, 0.2) is 36.8 Å². The van der Waals surface area contributed by atoms with Gasteiger partial charge in [0.15, 0.2) is 0 Å². The number of fused-ring (bicyclic) bond motifs is 1. The monoisotopic (exact) mass is 442 g/mol. The van der Waals surface area contributed by atoms with Crippen molar-refractivity contribution >= 4 is 15.7 Å². The summed E-state index contributed by atoms with van der Waals surface area (Å²) in [5.74, 6) is 0.574. The summed E-state index contributed by atoms with van der Waals surface area (Å²) in [6.45, 7) is -0.0684. The molecule has 30 heavy (non-hydrogen) atoms. The van der Waals surface area contributed by atoms with Crippen LogP contribution in [0.25, 0.3) is 0 Å². The van der Waals surface area contributed by atoms with Gasteiger partial charge in [-0.3, -0.25) is 0 Å². The first-order valence-corrected chi connectivity index (χ1v) is 11.6. The van der Waals surface area contributed by atoms with Crippen molar-refractivity contribution in [3.05, 3.63) is 48.0 Å². The molecule has 0 radical (unpaired) electrons. The molecule has 1 aromatic heterocycles. The number of H-pyrrole nitrogens is 1. The van der Waals surface area contributed by atoms with Crippen LogP contribution in [0.1, 0.15) is 43.4 Å². The molecule has 2 aliphatic rings. The maximum atomic E-state index is 13.4. The third-order valence-electron chi connectivity index (χ3n) is 6.16. The van der Waals surface area contributed by atoms with Crippen molar-refractivity contribution in [2.24, 2.45) is 5.92 Å². The molecule has 0 amide bonds. The van der Waals surface area contributed by atoms with E-state index in [1.165, 1.54) is 6.42 Å². The molecule has 0 bridgehead atoms. The molecule has 2 heterocycles. The number of aromatic nitrogens is 2. The fourth-order valence-electron chi connectivity index (χ4n) is 4.26. The van der Waals surface area contributed by atoms with Crippen molar-refractivity contribution in [1.29, 1.82) is 0 Å². The van der Waals surface area contributed by atoms with Crippen LogP contribution in [0.5, 0.6) is 0 Å². The zero-order valence-corrected chi connectivity index (χ0v) is 17.3. The van der Waals surface area contributed by atoms with E-state index < -0.39 is 15.5 Å². The van der Waals surface area contributed by atoms with Crippen LogP contribution >= 0.6 is 0 Å². The molecule has 6 nitrogen and oxygen atoms in total. The van der Waals surface area contributed by atoms with Crippen LogP contribution in [0.3, 0.4) is 0 Å².